The molecule has 2 atom stereocenters. The van der Waals surface area contributed by atoms with Crippen LogP contribution in [0.15, 0.2) is 24.3 Å². The molecule has 1 heterocycles. The number of carbonyl (C=O) groups is 1. The van der Waals surface area contributed by atoms with Crippen molar-refractivity contribution in [2.24, 2.45) is 0 Å². The monoisotopic (exact) mass is 270 g/mol. The summed E-state index contributed by atoms with van der Waals surface area (Å²) in [4.78, 5) is 11.7. The van der Waals surface area contributed by atoms with E-state index in [0.29, 0.717) is 10.6 Å². The van der Waals surface area contributed by atoms with Gasteiger partial charge in [0.25, 0.3) is 0 Å². The van der Waals surface area contributed by atoms with Gasteiger partial charge in [-0.1, -0.05) is 23.7 Å². The molecule has 0 radical (unpaired) electrons. The van der Waals surface area contributed by atoms with Crippen molar-refractivity contribution in [2.45, 2.75) is 31.8 Å². The number of hydrogen-bond donors (Lipinski definition) is 1. The Hall–Kier alpha value is -0.940. The lowest BCUT2D eigenvalue weighted by Gasteiger charge is -2.36. The normalized spacial score (nSPS) is 24.9. The second-order valence-corrected chi connectivity index (χ2v) is 5.13. The van der Waals surface area contributed by atoms with Crippen LogP contribution in [0.2, 0.25) is 5.02 Å². The fourth-order valence-electron chi connectivity index (χ4n) is 1.81. The first-order valence-corrected chi connectivity index (χ1v) is 6.05. The highest BCUT2D eigenvalue weighted by Gasteiger charge is 2.39. The quantitative estimate of drug-likeness (QED) is 0.894. The van der Waals surface area contributed by atoms with Crippen molar-refractivity contribution >= 4 is 17.4 Å². The van der Waals surface area contributed by atoms with Gasteiger partial charge in [-0.25, -0.2) is 0 Å². The maximum absolute atomic E-state index is 11.7. The second-order valence-electron chi connectivity index (χ2n) is 4.69. The van der Waals surface area contributed by atoms with E-state index >= 15 is 0 Å². The molecule has 1 aromatic carbocycles. The number of halogens is 1. The third-order valence-electron chi connectivity index (χ3n) is 2.79. The third kappa shape index (κ3) is 2.90. The maximum Gasteiger partial charge on any atom is 0.190 e. The fraction of sp³-hybridized carbons (Fsp3) is 0.462. The Kier molecular flexibility index (Phi) is 3.73. The summed E-state index contributed by atoms with van der Waals surface area (Å²) in [6, 6.07) is 6.67. The average molecular weight is 271 g/mol. The van der Waals surface area contributed by atoms with Crippen LogP contribution in [-0.4, -0.2) is 29.4 Å². The lowest BCUT2D eigenvalue weighted by Crippen LogP contribution is -2.48. The number of hydrogen-bond acceptors (Lipinski definition) is 4. The van der Waals surface area contributed by atoms with Crippen LogP contribution in [0.1, 0.15) is 25.5 Å². The molecule has 0 aliphatic carbocycles. The summed E-state index contributed by atoms with van der Waals surface area (Å²) in [5, 5.41) is 10.8. The third-order valence-corrected chi connectivity index (χ3v) is 3.04. The summed E-state index contributed by atoms with van der Waals surface area (Å²) in [5.74, 6) is -1.14. The van der Waals surface area contributed by atoms with Gasteiger partial charge in [0, 0.05) is 5.02 Å². The van der Waals surface area contributed by atoms with Crippen molar-refractivity contribution in [1.29, 1.82) is 0 Å². The lowest BCUT2D eigenvalue weighted by molar-refractivity contribution is -0.271. The van der Waals surface area contributed by atoms with E-state index in [1.807, 2.05) is 0 Å². The molecule has 2 rings (SSSR count). The molecule has 1 N–H and O–H groups in total. The fourth-order valence-corrected chi connectivity index (χ4v) is 1.93. The van der Waals surface area contributed by atoms with Crippen LogP contribution < -0.4 is 0 Å². The van der Waals surface area contributed by atoms with Crippen LogP contribution in [0, 0.1) is 0 Å². The van der Waals surface area contributed by atoms with Crippen molar-refractivity contribution in [3.63, 3.8) is 0 Å². The number of rotatable bonds is 2. The molecular weight excluding hydrogens is 256 g/mol. The SMILES string of the molecule is CC1(C)OCC(=O)[C@H]([C@@H](O)c2ccc(Cl)cc2)O1. The number of ether oxygens (including phenoxy) is 2. The van der Waals surface area contributed by atoms with E-state index in [-0.39, 0.29) is 12.4 Å². The van der Waals surface area contributed by atoms with Crippen molar-refractivity contribution in [1.82, 2.24) is 0 Å². The Labute approximate surface area is 110 Å². The molecule has 0 unspecified atom stereocenters. The smallest absolute Gasteiger partial charge is 0.190 e. The minimum absolute atomic E-state index is 0.0533. The standard InChI is InChI=1S/C13H15ClO4/c1-13(2)17-7-10(15)12(18-13)11(16)8-3-5-9(14)6-4-8/h3-6,11-12,16H,7H2,1-2H3/t11-,12+/m0/s1. The van der Waals surface area contributed by atoms with E-state index in [2.05, 4.69) is 0 Å². The van der Waals surface area contributed by atoms with Gasteiger partial charge in [0.05, 0.1) is 0 Å². The molecule has 0 saturated carbocycles. The second kappa shape index (κ2) is 4.97. The summed E-state index contributed by atoms with van der Waals surface area (Å²) in [6.45, 7) is 3.37. The molecule has 4 nitrogen and oxygen atoms in total. The molecule has 1 aliphatic rings. The number of ketones is 1. The van der Waals surface area contributed by atoms with E-state index in [9.17, 15) is 9.90 Å². The lowest BCUT2D eigenvalue weighted by atomic mass is 10.0. The van der Waals surface area contributed by atoms with Crippen molar-refractivity contribution in [2.75, 3.05) is 6.61 Å². The summed E-state index contributed by atoms with van der Waals surface area (Å²) < 4.78 is 10.7. The molecule has 1 aliphatic heterocycles. The van der Waals surface area contributed by atoms with E-state index in [1.54, 1.807) is 38.1 Å². The van der Waals surface area contributed by atoms with Crippen LogP contribution >= 0.6 is 11.6 Å². The maximum atomic E-state index is 11.7. The van der Waals surface area contributed by atoms with E-state index in [4.69, 9.17) is 21.1 Å². The highest BCUT2D eigenvalue weighted by atomic mass is 35.5. The summed E-state index contributed by atoms with van der Waals surface area (Å²) in [7, 11) is 0. The number of Topliss-reactive ketones (excluding diaryl/α,β-unsaturated/α-hetero) is 1. The number of aliphatic hydroxyl groups excluding tert-OH is 1. The number of carbonyl (C=O) groups excluding carboxylic acids is 1. The van der Waals surface area contributed by atoms with Crippen LogP contribution in [0.5, 0.6) is 0 Å². The summed E-state index contributed by atoms with van der Waals surface area (Å²) in [5.41, 5.74) is 0.593. The topological polar surface area (TPSA) is 55.8 Å². The molecule has 0 spiro atoms. The van der Waals surface area contributed by atoms with Crippen molar-refractivity contribution < 1.29 is 19.4 Å². The molecule has 98 valence electrons. The van der Waals surface area contributed by atoms with Gasteiger partial charge in [-0.05, 0) is 31.5 Å². The zero-order valence-corrected chi connectivity index (χ0v) is 11.0. The van der Waals surface area contributed by atoms with Gasteiger partial charge in [-0.2, -0.15) is 0 Å². The van der Waals surface area contributed by atoms with E-state index < -0.39 is 18.0 Å². The molecule has 0 bridgehead atoms. The summed E-state index contributed by atoms with van der Waals surface area (Å²) >= 11 is 5.78. The predicted octanol–water partition coefficient (Wildman–Crippen LogP) is 2.09. The Morgan fingerprint density at radius 2 is 2.00 bits per heavy atom. The van der Waals surface area contributed by atoms with Gasteiger partial charge in [-0.15, -0.1) is 0 Å². The zero-order valence-electron chi connectivity index (χ0n) is 10.2. The Balaban J connectivity index is 2.19. The molecular formula is C13H15ClO4. The average Bonchev–Trinajstić information content (AvgIpc) is 2.32. The molecule has 0 amide bonds. The highest BCUT2D eigenvalue weighted by Crippen LogP contribution is 2.29. The van der Waals surface area contributed by atoms with Crippen molar-refractivity contribution in [3.05, 3.63) is 34.9 Å². The highest BCUT2D eigenvalue weighted by molar-refractivity contribution is 6.30. The van der Waals surface area contributed by atoms with Gasteiger partial charge in [0.2, 0.25) is 0 Å². The number of benzene rings is 1. The summed E-state index contributed by atoms with van der Waals surface area (Å²) in [6.07, 6.45) is -1.92. The van der Waals surface area contributed by atoms with Crippen LogP contribution in [0.25, 0.3) is 0 Å². The number of aliphatic hydroxyl groups is 1. The van der Waals surface area contributed by atoms with Gasteiger partial charge < -0.3 is 14.6 Å². The van der Waals surface area contributed by atoms with Gasteiger partial charge >= 0.3 is 0 Å². The molecule has 5 heteroatoms. The first kappa shape index (κ1) is 13.5. The Morgan fingerprint density at radius 1 is 1.39 bits per heavy atom. The molecule has 1 fully saturated rings. The van der Waals surface area contributed by atoms with Crippen LogP contribution in [0.4, 0.5) is 0 Å². The molecule has 1 saturated heterocycles. The van der Waals surface area contributed by atoms with Gasteiger partial charge in [0.1, 0.15) is 12.7 Å². The zero-order chi connectivity index (χ0) is 13.3. The minimum Gasteiger partial charge on any atom is -0.385 e. The molecule has 18 heavy (non-hydrogen) atoms. The van der Waals surface area contributed by atoms with Gasteiger partial charge in [-0.3, -0.25) is 4.79 Å². The van der Waals surface area contributed by atoms with E-state index in [0.717, 1.165) is 0 Å². The van der Waals surface area contributed by atoms with Crippen molar-refractivity contribution in [3.8, 4) is 0 Å². The minimum atomic E-state index is -1.02. The van der Waals surface area contributed by atoms with Crippen LogP contribution in [0.3, 0.4) is 0 Å². The first-order chi connectivity index (χ1) is 8.39. The Morgan fingerprint density at radius 3 is 2.61 bits per heavy atom. The predicted molar refractivity (Wildman–Crippen MR) is 66.3 cm³/mol. The van der Waals surface area contributed by atoms with E-state index in [1.165, 1.54) is 0 Å². The first-order valence-electron chi connectivity index (χ1n) is 5.67. The molecule has 1 aromatic rings. The van der Waals surface area contributed by atoms with Gasteiger partial charge in [0.15, 0.2) is 17.7 Å². The largest absolute Gasteiger partial charge is 0.385 e. The molecule has 0 aromatic heterocycles. The van der Waals surface area contributed by atoms with Crippen LogP contribution in [-0.2, 0) is 14.3 Å². The Bertz CT molecular complexity index is 441.